The summed E-state index contributed by atoms with van der Waals surface area (Å²) in [6, 6.07) is 3.09. The van der Waals surface area contributed by atoms with Gasteiger partial charge in [0, 0.05) is 20.2 Å². The van der Waals surface area contributed by atoms with Gasteiger partial charge in [-0.15, -0.1) is 0 Å². The van der Waals surface area contributed by atoms with Crippen molar-refractivity contribution in [3.8, 4) is 5.75 Å². The molecule has 16 heavy (non-hydrogen) atoms. The summed E-state index contributed by atoms with van der Waals surface area (Å²) in [5, 5.41) is 22.3. The summed E-state index contributed by atoms with van der Waals surface area (Å²) in [6.07, 6.45) is 0. The van der Waals surface area contributed by atoms with E-state index in [1.54, 1.807) is 0 Å². The summed E-state index contributed by atoms with van der Waals surface area (Å²) in [5.74, 6) is -0.319. The average Bonchev–Trinajstić information content (AvgIpc) is 2.26. The lowest BCUT2D eigenvalue weighted by atomic mass is 10.2. The summed E-state index contributed by atoms with van der Waals surface area (Å²) in [5.41, 5.74) is -0.0310. The number of nitro groups is 1. The van der Waals surface area contributed by atoms with Gasteiger partial charge < -0.3 is 10.4 Å². The molecule has 0 aliphatic rings. The van der Waals surface area contributed by atoms with Crippen LogP contribution in [-0.4, -0.2) is 30.2 Å². The summed E-state index contributed by atoms with van der Waals surface area (Å²) in [4.78, 5) is 22.2. The molecule has 7 heteroatoms. The Balaban J connectivity index is 3.08. The second-order valence-corrected chi connectivity index (χ2v) is 3.04. The van der Waals surface area contributed by atoms with Crippen LogP contribution in [0.5, 0.6) is 5.75 Å². The molecule has 1 aromatic carbocycles. The van der Waals surface area contributed by atoms with Crippen molar-refractivity contribution in [1.82, 2.24) is 5.32 Å². The Bertz CT molecular complexity index is 433. The Kier molecular flexibility index (Phi) is 3.29. The third-order valence-electron chi connectivity index (χ3n) is 2.05. The summed E-state index contributed by atoms with van der Waals surface area (Å²) < 4.78 is 0. The van der Waals surface area contributed by atoms with E-state index < -0.39 is 11.0 Å². The van der Waals surface area contributed by atoms with Crippen LogP contribution in [0.1, 0.15) is 0 Å². The van der Waals surface area contributed by atoms with Crippen molar-refractivity contribution in [3.05, 3.63) is 28.3 Å². The van der Waals surface area contributed by atoms with Crippen molar-refractivity contribution in [1.29, 1.82) is 0 Å². The van der Waals surface area contributed by atoms with E-state index in [-0.39, 0.29) is 17.1 Å². The monoisotopic (exact) mass is 225 g/mol. The molecule has 0 aliphatic carbocycles. The maximum atomic E-state index is 11.3. The third kappa shape index (κ3) is 2.19. The van der Waals surface area contributed by atoms with Crippen LogP contribution in [-0.2, 0) is 0 Å². The summed E-state index contributed by atoms with van der Waals surface area (Å²) in [7, 11) is 2.89. The van der Waals surface area contributed by atoms with Crippen molar-refractivity contribution in [3.63, 3.8) is 0 Å². The largest absolute Gasteiger partial charge is 0.505 e. The Morgan fingerprint density at radius 1 is 1.56 bits per heavy atom. The lowest BCUT2D eigenvalue weighted by Crippen LogP contribution is -2.34. The zero-order valence-electron chi connectivity index (χ0n) is 8.80. The van der Waals surface area contributed by atoms with Gasteiger partial charge in [0.25, 0.3) is 5.69 Å². The molecule has 1 rings (SSSR count). The minimum absolute atomic E-state index is 0.199. The van der Waals surface area contributed by atoms with Crippen molar-refractivity contribution in [2.75, 3.05) is 19.0 Å². The van der Waals surface area contributed by atoms with E-state index in [4.69, 9.17) is 0 Å². The highest BCUT2D eigenvalue weighted by Crippen LogP contribution is 2.30. The Hall–Kier alpha value is -2.31. The molecule has 0 fully saturated rings. The number of aromatic hydroxyl groups is 1. The summed E-state index contributed by atoms with van der Waals surface area (Å²) >= 11 is 0. The van der Waals surface area contributed by atoms with Crippen LogP contribution in [0, 0.1) is 10.1 Å². The number of carbonyl (C=O) groups is 1. The molecule has 2 N–H and O–H groups in total. The topological polar surface area (TPSA) is 95.7 Å². The molecule has 1 aromatic rings. The van der Waals surface area contributed by atoms with Gasteiger partial charge in [-0.05, 0) is 6.07 Å². The van der Waals surface area contributed by atoms with Crippen LogP contribution in [0.4, 0.5) is 16.2 Å². The van der Waals surface area contributed by atoms with Crippen molar-refractivity contribution < 1.29 is 14.8 Å². The number of non-ortho nitro benzene ring substituents is 1. The number of hydrogen-bond donors (Lipinski definition) is 2. The van der Waals surface area contributed by atoms with Crippen LogP contribution < -0.4 is 10.2 Å². The SMILES string of the molecule is CNC(=O)N(C)c1ccc([N+](=O)[O-])cc1O. The van der Waals surface area contributed by atoms with Crippen LogP contribution in [0.2, 0.25) is 0 Å². The first-order valence-electron chi connectivity index (χ1n) is 4.40. The molecule has 0 heterocycles. The second-order valence-electron chi connectivity index (χ2n) is 3.04. The molecule has 0 saturated heterocycles. The first-order chi connectivity index (χ1) is 7.47. The molecule has 7 nitrogen and oxygen atoms in total. The maximum absolute atomic E-state index is 11.3. The van der Waals surface area contributed by atoms with Gasteiger partial charge in [0.15, 0.2) is 0 Å². The number of nitrogens with zero attached hydrogens (tertiary/aromatic N) is 2. The molecule has 0 radical (unpaired) electrons. The van der Waals surface area contributed by atoms with Crippen molar-refractivity contribution in [2.45, 2.75) is 0 Å². The minimum Gasteiger partial charge on any atom is -0.505 e. The van der Waals surface area contributed by atoms with E-state index in [9.17, 15) is 20.0 Å². The highest BCUT2D eigenvalue weighted by atomic mass is 16.6. The number of carbonyl (C=O) groups excluding carboxylic acids is 1. The Morgan fingerprint density at radius 3 is 2.62 bits per heavy atom. The number of urea groups is 1. The number of phenols is 1. The molecule has 0 aliphatic heterocycles. The van der Waals surface area contributed by atoms with E-state index >= 15 is 0 Å². The lowest BCUT2D eigenvalue weighted by molar-refractivity contribution is -0.384. The molecule has 0 aromatic heterocycles. The Morgan fingerprint density at radius 2 is 2.19 bits per heavy atom. The molecule has 0 unspecified atom stereocenters. The smallest absolute Gasteiger partial charge is 0.321 e. The molecule has 0 atom stereocenters. The van der Waals surface area contributed by atoms with Gasteiger partial charge in [0.2, 0.25) is 0 Å². The normalized spacial score (nSPS) is 9.62. The molecule has 0 saturated carbocycles. The van der Waals surface area contributed by atoms with Gasteiger partial charge in [-0.2, -0.15) is 0 Å². The zero-order chi connectivity index (χ0) is 12.3. The van der Waals surface area contributed by atoms with E-state index in [2.05, 4.69) is 5.32 Å². The predicted molar refractivity (Wildman–Crippen MR) is 57.6 cm³/mol. The standard InChI is InChI=1S/C9H11N3O4/c1-10-9(14)11(2)7-4-3-6(12(15)16)5-8(7)13/h3-5,13H,1-2H3,(H,10,14). The quantitative estimate of drug-likeness (QED) is 0.581. The van der Waals surface area contributed by atoms with Gasteiger partial charge in [0.1, 0.15) is 5.75 Å². The van der Waals surface area contributed by atoms with E-state index in [1.165, 1.54) is 26.2 Å². The number of anilines is 1. The van der Waals surface area contributed by atoms with Gasteiger partial charge in [-0.25, -0.2) is 4.79 Å². The lowest BCUT2D eigenvalue weighted by Gasteiger charge is -2.17. The first kappa shape index (κ1) is 11.8. The number of hydrogen-bond acceptors (Lipinski definition) is 4. The van der Waals surface area contributed by atoms with Gasteiger partial charge in [0.05, 0.1) is 16.7 Å². The van der Waals surface area contributed by atoms with E-state index in [0.717, 1.165) is 11.0 Å². The van der Waals surface area contributed by atoms with Crippen LogP contribution in [0.3, 0.4) is 0 Å². The average molecular weight is 225 g/mol. The zero-order valence-corrected chi connectivity index (χ0v) is 8.80. The first-order valence-corrected chi connectivity index (χ1v) is 4.40. The van der Waals surface area contributed by atoms with E-state index in [0.29, 0.717) is 0 Å². The number of phenolic OH excluding ortho intramolecular Hbond substituents is 1. The van der Waals surface area contributed by atoms with E-state index in [1.807, 2.05) is 0 Å². The maximum Gasteiger partial charge on any atom is 0.321 e. The molecular formula is C9H11N3O4. The van der Waals surface area contributed by atoms with Crippen LogP contribution in [0.25, 0.3) is 0 Å². The van der Waals surface area contributed by atoms with Crippen molar-refractivity contribution in [2.24, 2.45) is 0 Å². The Labute approximate surface area is 91.4 Å². The number of nitro benzene ring substituents is 1. The summed E-state index contributed by atoms with van der Waals surface area (Å²) in [6.45, 7) is 0. The van der Waals surface area contributed by atoms with Gasteiger partial charge in [-0.1, -0.05) is 0 Å². The minimum atomic E-state index is -0.622. The number of amides is 2. The fourth-order valence-electron chi connectivity index (χ4n) is 1.19. The number of benzene rings is 1. The molecule has 0 spiro atoms. The third-order valence-corrected chi connectivity index (χ3v) is 2.05. The highest BCUT2D eigenvalue weighted by molar-refractivity contribution is 5.92. The van der Waals surface area contributed by atoms with Crippen molar-refractivity contribution >= 4 is 17.4 Å². The molecular weight excluding hydrogens is 214 g/mol. The van der Waals surface area contributed by atoms with Crippen LogP contribution >= 0.6 is 0 Å². The number of rotatable bonds is 2. The second kappa shape index (κ2) is 4.47. The molecule has 86 valence electrons. The number of nitrogens with one attached hydrogen (secondary N) is 1. The van der Waals surface area contributed by atoms with Gasteiger partial charge in [-0.3, -0.25) is 15.0 Å². The molecule has 2 amide bonds. The fraction of sp³-hybridized carbons (Fsp3) is 0.222. The van der Waals surface area contributed by atoms with Crippen LogP contribution in [0.15, 0.2) is 18.2 Å². The highest BCUT2D eigenvalue weighted by Gasteiger charge is 2.16. The fourth-order valence-corrected chi connectivity index (χ4v) is 1.19. The molecule has 0 bridgehead atoms. The van der Waals surface area contributed by atoms with Gasteiger partial charge >= 0.3 is 6.03 Å². The predicted octanol–water partition coefficient (Wildman–Crippen LogP) is 1.08.